The zero-order valence-electron chi connectivity index (χ0n) is 16.4. The molecule has 29 heavy (non-hydrogen) atoms. The number of carbonyl (C=O) groups excluding carboxylic acids is 2. The highest BCUT2D eigenvalue weighted by Gasteiger charge is 2.21. The molecule has 0 unspecified atom stereocenters. The maximum Gasteiger partial charge on any atom is 0.315 e. The number of methoxy groups -OCH3 is 1. The number of thiophene rings is 1. The van der Waals surface area contributed by atoms with Crippen LogP contribution in [0.5, 0.6) is 0 Å². The van der Waals surface area contributed by atoms with Crippen molar-refractivity contribution in [3.8, 4) is 10.4 Å². The molecular formula is C21H25ClN2O3S2. The monoisotopic (exact) mass is 452 g/mol. The predicted molar refractivity (Wildman–Crippen MR) is 121 cm³/mol. The van der Waals surface area contributed by atoms with Crippen molar-refractivity contribution in [3.05, 3.63) is 46.3 Å². The Morgan fingerprint density at radius 1 is 1.14 bits per heavy atom. The lowest BCUT2D eigenvalue weighted by Gasteiger charge is -2.34. The maximum atomic E-state index is 12.3. The minimum absolute atomic E-state index is 0.166. The molecule has 1 aromatic carbocycles. The van der Waals surface area contributed by atoms with E-state index >= 15 is 0 Å². The summed E-state index contributed by atoms with van der Waals surface area (Å²) in [4.78, 5) is 30.2. The second-order valence-electron chi connectivity index (χ2n) is 6.78. The van der Waals surface area contributed by atoms with E-state index in [4.69, 9.17) is 11.6 Å². The Morgan fingerprint density at radius 3 is 2.62 bits per heavy atom. The number of halogens is 1. The van der Waals surface area contributed by atoms with Crippen LogP contribution in [0.3, 0.4) is 0 Å². The van der Waals surface area contributed by atoms with Crippen molar-refractivity contribution in [2.24, 2.45) is 0 Å². The molecule has 1 aliphatic heterocycles. The summed E-state index contributed by atoms with van der Waals surface area (Å²) in [5, 5.41) is 0.776. The third-order valence-corrected chi connectivity index (χ3v) is 7.18. The van der Waals surface area contributed by atoms with Crippen molar-refractivity contribution < 1.29 is 14.3 Å². The van der Waals surface area contributed by atoms with Crippen molar-refractivity contribution in [1.29, 1.82) is 0 Å². The number of amides is 1. The van der Waals surface area contributed by atoms with Gasteiger partial charge in [-0.2, -0.15) is 0 Å². The quantitative estimate of drug-likeness (QED) is 0.447. The van der Waals surface area contributed by atoms with Gasteiger partial charge in [-0.05, 0) is 18.2 Å². The molecule has 0 N–H and O–H groups in total. The number of ether oxygens (including phenoxy) is 1. The number of thioether (sulfide) groups is 1. The first kappa shape index (κ1) is 22.2. The number of piperazine rings is 1. The van der Waals surface area contributed by atoms with Gasteiger partial charge < -0.3 is 9.64 Å². The third kappa shape index (κ3) is 6.47. The second-order valence-corrected chi connectivity index (χ2v) is 9.46. The van der Waals surface area contributed by atoms with E-state index in [0.29, 0.717) is 17.9 Å². The Balaban J connectivity index is 1.42. The van der Waals surface area contributed by atoms with Gasteiger partial charge in [-0.15, -0.1) is 23.1 Å². The topological polar surface area (TPSA) is 49.9 Å². The van der Waals surface area contributed by atoms with Crippen LogP contribution in [0.15, 0.2) is 36.4 Å². The number of esters is 1. The summed E-state index contributed by atoms with van der Waals surface area (Å²) in [6.45, 7) is 4.15. The summed E-state index contributed by atoms with van der Waals surface area (Å²) in [5.74, 6) is 0.865. The lowest BCUT2D eigenvalue weighted by Crippen LogP contribution is -2.48. The largest absolute Gasteiger partial charge is 0.468 e. The molecule has 1 fully saturated rings. The van der Waals surface area contributed by atoms with Crippen LogP contribution in [0.1, 0.15) is 11.3 Å². The minimum atomic E-state index is -0.248. The van der Waals surface area contributed by atoms with E-state index in [1.54, 1.807) is 11.3 Å². The third-order valence-electron chi connectivity index (χ3n) is 4.81. The van der Waals surface area contributed by atoms with Crippen molar-refractivity contribution in [2.45, 2.75) is 13.0 Å². The standard InChI is InChI=1S/C21H25ClN2O3S2/c1-27-21(26)15-28-13-8-20(25)24-11-9-23(10-12-24)14-16-6-7-19(29-16)17-4-2-3-5-18(17)22/h2-7H,8-15H2,1H3. The van der Waals surface area contributed by atoms with Crippen molar-refractivity contribution in [3.63, 3.8) is 0 Å². The predicted octanol–water partition coefficient (Wildman–Crippen LogP) is 4.01. The first-order valence-corrected chi connectivity index (χ1v) is 11.9. The zero-order valence-corrected chi connectivity index (χ0v) is 18.8. The van der Waals surface area contributed by atoms with Gasteiger partial charge >= 0.3 is 5.97 Å². The number of nitrogens with zero attached hydrogens (tertiary/aromatic N) is 2. The number of hydrogen-bond donors (Lipinski definition) is 0. The lowest BCUT2D eigenvalue weighted by atomic mass is 10.2. The van der Waals surface area contributed by atoms with E-state index in [1.165, 1.54) is 28.6 Å². The molecular weight excluding hydrogens is 428 g/mol. The number of rotatable bonds is 8. The van der Waals surface area contributed by atoms with Crippen LogP contribution in [-0.2, 0) is 20.9 Å². The SMILES string of the molecule is COC(=O)CSCCC(=O)N1CCN(Cc2ccc(-c3ccccc3Cl)s2)CC1. The van der Waals surface area contributed by atoms with Crippen LogP contribution in [0.4, 0.5) is 0 Å². The van der Waals surface area contributed by atoms with Gasteiger partial charge in [0, 0.05) is 65.2 Å². The molecule has 0 bridgehead atoms. The van der Waals surface area contributed by atoms with E-state index in [9.17, 15) is 9.59 Å². The Hall–Kier alpha value is -1.54. The van der Waals surface area contributed by atoms with Crippen LogP contribution >= 0.6 is 34.7 Å². The highest BCUT2D eigenvalue weighted by Crippen LogP contribution is 2.33. The summed E-state index contributed by atoms with van der Waals surface area (Å²) in [7, 11) is 1.38. The Morgan fingerprint density at radius 2 is 1.90 bits per heavy atom. The van der Waals surface area contributed by atoms with Gasteiger partial charge in [-0.25, -0.2) is 0 Å². The van der Waals surface area contributed by atoms with Gasteiger partial charge in [-0.3, -0.25) is 14.5 Å². The van der Waals surface area contributed by atoms with E-state index in [2.05, 4.69) is 21.8 Å². The molecule has 0 spiro atoms. The molecule has 0 aliphatic carbocycles. The van der Waals surface area contributed by atoms with E-state index in [0.717, 1.165) is 43.3 Å². The van der Waals surface area contributed by atoms with Crippen molar-refractivity contribution in [1.82, 2.24) is 9.80 Å². The summed E-state index contributed by atoms with van der Waals surface area (Å²) < 4.78 is 4.60. The highest BCUT2D eigenvalue weighted by atomic mass is 35.5. The molecule has 1 amide bonds. The summed E-state index contributed by atoms with van der Waals surface area (Å²) >= 11 is 9.52. The number of carbonyl (C=O) groups is 2. The first-order chi connectivity index (χ1) is 14.1. The molecule has 1 saturated heterocycles. The van der Waals surface area contributed by atoms with Gasteiger partial charge in [0.25, 0.3) is 0 Å². The van der Waals surface area contributed by atoms with E-state index < -0.39 is 0 Å². The number of hydrogen-bond acceptors (Lipinski definition) is 6. The fourth-order valence-corrected chi connectivity index (χ4v) is 5.31. The average molecular weight is 453 g/mol. The highest BCUT2D eigenvalue weighted by molar-refractivity contribution is 7.99. The molecule has 5 nitrogen and oxygen atoms in total. The summed E-state index contributed by atoms with van der Waals surface area (Å²) in [6, 6.07) is 12.2. The first-order valence-electron chi connectivity index (χ1n) is 9.55. The summed E-state index contributed by atoms with van der Waals surface area (Å²) in [5.41, 5.74) is 1.07. The van der Waals surface area contributed by atoms with Crippen LogP contribution in [-0.4, -0.2) is 66.5 Å². The van der Waals surface area contributed by atoms with Crippen molar-refractivity contribution >= 4 is 46.6 Å². The molecule has 2 heterocycles. The van der Waals surface area contributed by atoms with E-state index in [-0.39, 0.29) is 11.9 Å². The van der Waals surface area contributed by atoms with Gasteiger partial charge in [0.2, 0.25) is 5.91 Å². The molecule has 0 radical (unpaired) electrons. The van der Waals surface area contributed by atoms with Gasteiger partial charge in [0.15, 0.2) is 0 Å². The fraction of sp³-hybridized carbons (Fsp3) is 0.429. The van der Waals surface area contributed by atoms with Crippen LogP contribution in [0, 0.1) is 0 Å². The maximum absolute atomic E-state index is 12.3. The van der Waals surface area contributed by atoms with Gasteiger partial charge in [0.05, 0.1) is 12.9 Å². The molecule has 1 aromatic heterocycles. The van der Waals surface area contributed by atoms with Crippen LogP contribution in [0.25, 0.3) is 10.4 Å². The average Bonchev–Trinajstić information content (AvgIpc) is 3.20. The molecule has 156 valence electrons. The Kier molecular flexibility index (Phi) is 8.41. The van der Waals surface area contributed by atoms with E-state index in [1.807, 2.05) is 29.2 Å². The molecule has 8 heteroatoms. The van der Waals surface area contributed by atoms with Crippen LogP contribution in [0.2, 0.25) is 5.02 Å². The number of benzene rings is 1. The molecule has 2 aromatic rings. The van der Waals surface area contributed by atoms with Gasteiger partial charge in [-0.1, -0.05) is 29.8 Å². The Labute approximate surface area is 185 Å². The van der Waals surface area contributed by atoms with Crippen LogP contribution < -0.4 is 0 Å². The molecule has 1 aliphatic rings. The minimum Gasteiger partial charge on any atom is -0.468 e. The smallest absolute Gasteiger partial charge is 0.315 e. The lowest BCUT2D eigenvalue weighted by molar-refractivity contribution is -0.137. The molecule has 0 atom stereocenters. The zero-order chi connectivity index (χ0) is 20.6. The van der Waals surface area contributed by atoms with Crippen molar-refractivity contribution in [2.75, 3.05) is 44.8 Å². The summed E-state index contributed by atoms with van der Waals surface area (Å²) in [6.07, 6.45) is 0.466. The Bertz CT molecular complexity index is 835. The van der Waals surface area contributed by atoms with Gasteiger partial charge in [0.1, 0.15) is 0 Å². The fourth-order valence-electron chi connectivity index (χ4n) is 3.18. The second kappa shape index (κ2) is 11.0. The molecule has 3 rings (SSSR count). The molecule has 0 saturated carbocycles. The normalized spacial score (nSPS) is 14.8.